The zero-order valence-electron chi connectivity index (χ0n) is 9.80. The van der Waals surface area contributed by atoms with Crippen LogP contribution in [0.5, 0.6) is 0 Å². The van der Waals surface area contributed by atoms with Crippen molar-refractivity contribution in [3.63, 3.8) is 0 Å². The van der Waals surface area contributed by atoms with Crippen molar-refractivity contribution in [3.8, 4) is 0 Å². The van der Waals surface area contributed by atoms with Crippen LogP contribution in [-0.2, 0) is 5.41 Å². The number of hydrogen-bond donors (Lipinski definition) is 2. The number of rotatable bonds is 2. The number of nitrogen functional groups attached to an aromatic ring is 1. The summed E-state index contributed by atoms with van der Waals surface area (Å²) in [7, 11) is 0. The Balaban J connectivity index is 2.47. The largest absolute Gasteiger partial charge is 0.398 e. The van der Waals surface area contributed by atoms with Gasteiger partial charge in [-0.25, -0.2) is 0 Å². The maximum atomic E-state index is 6.06. The van der Waals surface area contributed by atoms with E-state index < -0.39 is 0 Å². The number of benzene rings is 1. The molecule has 0 heterocycles. The summed E-state index contributed by atoms with van der Waals surface area (Å²) in [5.74, 6) is 0. The quantitative estimate of drug-likeness (QED) is 0.726. The van der Waals surface area contributed by atoms with Crippen LogP contribution in [-0.4, -0.2) is 6.04 Å². The standard InChI is InChI=1S/C13H20N2/c1-8-6-11(7-12(15)9(8)2)13(4-5-13)10(3)14/h6-7,10H,4-5,14-15H2,1-3H3. The van der Waals surface area contributed by atoms with E-state index in [1.54, 1.807) is 0 Å². The smallest absolute Gasteiger partial charge is 0.0349 e. The van der Waals surface area contributed by atoms with Crippen molar-refractivity contribution in [1.29, 1.82) is 0 Å². The fourth-order valence-corrected chi connectivity index (χ4v) is 2.32. The second kappa shape index (κ2) is 3.24. The molecule has 4 N–H and O–H groups in total. The molecule has 2 heteroatoms. The highest BCUT2D eigenvalue weighted by atomic mass is 14.7. The SMILES string of the molecule is Cc1cc(C2(C(C)N)CC2)cc(N)c1C. The van der Waals surface area contributed by atoms with Crippen LogP contribution < -0.4 is 11.5 Å². The summed E-state index contributed by atoms with van der Waals surface area (Å²) < 4.78 is 0. The van der Waals surface area contributed by atoms with Gasteiger partial charge >= 0.3 is 0 Å². The highest BCUT2D eigenvalue weighted by molar-refractivity contribution is 5.55. The molecule has 0 spiro atoms. The summed E-state index contributed by atoms with van der Waals surface area (Å²) in [6.07, 6.45) is 2.40. The van der Waals surface area contributed by atoms with Crippen LogP contribution in [0, 0.1) is 13.8 Å². The molecule has 1 unspecified atom stereocenters. The van der Waals surface area contributed by atoms with Crippen LogP contribution in [0.4, 0.5) is 5.69 Å². The number of anilines is 1. The van der Waals surface area contributed by atoms with E-state index in [0.717, 1.165) is 5.69 Å². The van der Waals surface area contributed by atoms with E-state index in [4.69, 9.17) is 11.5 Å². The second-order valence-electron chi connectivity index (χ2n) is 4.95. The molecule has 82 valence electrons. The first kappa shape index (κ1) is 10.5. The van der Waals surface area contributed by atoms with Crippen LogP contribution >= 0.6 is 0 Å². The minimum absolute atomic E-state index is 0.215. The maximum Gasteiger partial charge on any atom is 0.0349 e. The van der Waals surface area contributed by atoms with E-state index in [-0.39, 0.29) is 11.5 Å². The molecule has 1 aromatic rings. The first-order valence-corrected chi connectivity index (χ1v) is 5.60. The van der Waals surface area contributed by atoms with Gasteiger partial charge in [0.25, 0.3) is 0 Å². The van der Waals surface area contributed by atoms with E-state index in [1.807, 2.05) is 0 Å². The fraction of sp³-hybridized carbons (Fsp3) is 0.538. The van der Waals surface area contributed by atoms with Crippen LogP contribution in [0.15, 0.2) is 12.1 Å². The van der Waals surface area contributed by atoms with Crippen molar-refractivity contribution in [2.75, 3.05) is 5.73 Å². The van der Waals surface area contributed by atoms with Gasteiger partial charge in [0.15, 0.2) is 0 Å². The lowest BCUT2D eigenvalue weighted by atomic mass is 9.87. The van der Waals surface area contributed by atoms with Gasteiger partial charge in [-0.05, 0) is 56.4 Å². The maximum absolute atomic E-state index is 6.06. The highest BCUT2D eigenvalue weighted by Crippen LogP contribution is 2.51. The van der Waals surface area contributed by atoms with Gasteiger partial charge < -0.3 is 11.5 Å². The average Bonchev–Trinajstić information content (AvgIpc) is 2.93. The summed E-state index contributed by atoms with van der Waals surface area (Å²) in [6.45, 7) is 6.28. The van der Waals surface area contributed by atoms with E-state index in [0.29, 0.717) is 0 Å². The molecule has 1 saturated carbocycles. The van der Waals surface area contributed by atoms with E-state index in [9.17, 15) is 0 Å². The van der Waals surface area contributed by atoms with Gasteiger partial charge in [0.1, 0.15) is 0 Å². The fourth-order valence-electron chi connectivity index (χ4n) is 2.32. The van der Waals surface area contributed by atoms with E-state index >= 15 is 0 Å². The highest BCUT2D eigenvalue weighted by Gasteiger charge is 2.47. The molecule has 0 saturated heterocycles. The lowest BCUT2D eigenvalue weighted by molar-refractivity contribution is 0.556. The van der Waals surface area contributed by atoms with Crippen LogP contribution in [0.1, 0.15) is 36.5 Å². The molecule has 1 aliphatic carbocycles. The van der Waals surface area contributed by atoms with E-state index in [1.165, 1.54) is 29.5 Å². The normalized spacial score (nSPS) is 20.0. The molecule has 0 amide bonds. The molecule has 1 aromatic carbocycles. The van der Waals surface area contributed by atoms with Crippen molar-refractivity contribution in [2.45, 2.75) is 45.1 Å². The van der Waals surface area contributed by atoms with Crippen LogP contribution in [0.3, 0.4) is 0 Å². The molecule has 2 rings (SSSR count). The lowest BCUT2D eigenvalue weighted by Crippen LogP contribution is -2.31. The topological polar surface area (TPSA) is 52.0 Å². The van der Waals surface area contributed by atoms with Gasteiger partial charge in [-0.1, -0.05) is 6.07 Å². The Labute approximate surface area is 91.7 Å². The number of nitrogens with two attached hydrogens (primary N) is 2. The zero-order chi connectivity index (χ0) is 11.2. The average molecular weight is 204 g/mol. The lowest BCUT2D eigenvalue weighted by Gasteiger charge is -2.22. The Bertz CT molecular complexity index is 367. The van der Waals surface area contributed by atoms with Gasteiger partial charge in [0.2, 0.25) is 0 Å². The van der Waals surface area contributed by atoms with Gasteiger partial charge in [0, 0.05) is 17.1 Å². The van der Waals surface area contributed by atoms with Crippen LogP contribution in [0.2, 0.25) is 0 Å². The van der Waals surface area contributed by atoms with Gasteiger partial charge in [0.05, 0.1) is 0 Å². The van der Waals surface area contributed by atoms with Crippen molar-refractivity contribution < 1.29 is 0 Å². The third-order valence-electron chi connectivity index (χ3n) is 3.94. The third kappa shape index (κ3) is 1.53. The molecule has 2 nitrogen and oxygen atoms in total. The zero-order valence-corrected chi connectivity index (χ0v) is 9.80. The monoisotopic (exact) mass is 204 g/mol. The first-order valence-electron chi connectivity index (χ1n) is 5.60. The third-order valence-corrected chi connectivity index (χ3v) is 3.94. The molecule has 0 radical (unpaired) electrons. The Kier molecular flexibility index (Phi) is 2.27. The molecule has 1 fully saturated rings. The Hall–Kier alpha value is -1.02. The molecule has 15 heavy (non-hydrogen) atoms. The second-order valence-corrected chi connectivity index (χ2v) is 4.95. The Morgan fingerprint density at radius 3 is 2.27 bits per heavy atom. The minimum Gasteiger partial charge on any atom is -0.398 e. The number of hydrogen-bond acceptors (Lipinski definition) is 2. The van der Waals surface area contributed by atoms with Crippen molar-refractivity contribution >= 4 is 5.69 Å². The van der Waals surface area contributed by atoms with Crippen molar-refractivity contribution in [2.24, 2.45) is 5.73 Å². The summed E-state index contributed by atoms with van der Waals surface area (Å²) >= 11 is 0. The summed E-state index contributed by atoms with van der Waals surface area (Å²) in [5, 5.41) is 0. The predicted molar refractivity (Wildman–Crippen MR) is 64.9 cm³/mol. The molecule has 0 aliphatic heterocycles. The molecule has 0 bridgehead atoms. The first-order chi connectivity index (χ1) is 6.97. The Morgan fingerprint density at radius 2 is 1.87 bits per heavy atom. The van der Waals surface area contributed by atoms with Crippen molar-refractivity contribution in [1.82, 2.24) is 0 Å². The molecule has 0 aromatic heterocycles. The van der Waals surface area contributed by atoms with Crippen LogP contribution in [0.25, 0.3) is 0 Å². The summed E-state index contributed by atoms with van der Waals surface area (Å²) in [4.78, 5) is 0. The molecule has 1 atom stereocenters. The predicted octanol–water partition coefficient (Wildman–Crippen LogP) is 2.26. The summed E-state index contributed by atoms with van der Waals surface area (Å²) in [6, 6.07) is 4.58. The van der Waals surface area contributed by atoms with Gasteiger partial charge in [-0.15, -0.1) is 0 Å². The number of aryl methyl sites for hydroxylation is 1. The van der Waals surface area contributed by atoms with Gasteiger partial charge in [-0.3, -0.25) is 0 Å². The molecular formula is C13H20N2. The Morgan fingerprint density at radius 1 is 1.27 bits per heavy atom. The van der Waals surface area contributed by atoms with E-state index in [2.05, 4.69) is 32.9 Å². The minimum atomic E-state index is 0.215. The molecule has 1 aliphatic rings. The molecular weight excluding hydrogens is 184 g/mol. The van der Waals surface area contributed by atoms with Crippen molar-refractivity contribution in [3.05, 3.63) is 28.8 Å². The van der Waals surface area contributed by atoms with Gasteiger partial charge in [-0.2, -0.15) is 0 Å². The summed E-state index contributed by atoms with van der Waals surface area (Å²) in [5.41, 5.74) is 17.0.